The van der Waals surface area contributed by atoms with Gasteiger partial charge in [0.05, 0.1) is 5.84 Å². The third kappa shape index (κ3) is 7.35. The van der Waals surface area contributed by atoms with Crippen molar-refractivity contribution in [2.75, 3.05) is 32.7 Å². The van der Waals surface area contributed by atoms with E-state index < -0.39 is 0 Å². The highest BCUT2D eigenvalue weighted by Crippen LogP contribution is 2.45. The van der Waals surface area contributed by atoms with E-state index in [0.717, 1.165) is 31.3 Å². The molecule has 0 radical (unpaired) electrons. The average Bonchev–Trinajstić information content (AvgIpc) is 3.31. The fourth-order valence-electron chi connectivity index (χ4n) is 7.44. The van der Waals surface area contributed by atoms with Crippen molar-refractivity contribution >= 4 is 17.4 Å². The molecule has 5 heteroatoms. The molecule has 0 aromatic heterocycles. The van der Waals surface area contributed by atoms with Crippen LogP contribution >= 0.6 is 11.6 Å². The highest BCUT2D eigenvalue weighted by Gasteiger charge is 2.41. The number of halogens is 1. The van der Waals surface area contributed by atoms with Crippen molar-refractivity contribution in [1.29, 1.82) is 0 Å². The summed E-state index contributed by atoms with van der Waals surface area (Å²) in [6.45, 7) is 15.7. The molecular weight excluding hydrogens is 440 g/mol. The van der Waals surface area contributed by atoms with E-state index in [1.807, 2.05) is 0 Å². The molecule has 2 aliphatic carbocycles. The molecule has 0 spiro atoms. The molecule has 34 heavy (non-hydrogen) atoms. The summed E-state index contributed by atoms with van der Waals surface area (Å²) in [5, 5.41) is 8.15. The highest BCUT2D eigenvalue weighted by molar-refractivity contribution is 6.20. The third-order valence-corrected chi connectivity index (χ3v) is 10.1. The minimum Gasteiger partial charge on any atom is -0.371 e. The van der Waals surface area contributed by atoms with E-state index in [9.17, 15) is 0 Å². The number of rotatable bonds is 8. The second-order valence-electron chi connectivity index (χ2n) is 13.2. The van der Waals surface area contributed by atoms with Crippen LogP contribution in [0.15, 0.2) is 4.99 Å². The largest absolute Gasteiger partial charge is 0.371 e. The first-order chi connectivity index (χ1) is 16.3. The van der Waals surface area contributed by atoms with E-state index in [-0.39, 0.29) is 0 Å². The molecule has 2 unspecified atom stereocenters. The molecule has 4 nitrogen and oxygen atoms in total. The van der Waals surface area contributed by atoms with Crippen LogP contribution in [0.4, 0.5) is 0 Å². The number of piperidine rings is 1. The van der Waals surface area contributed by atoms with Crippen LogP contribution in [-0.2, 0) is 0 Å². The zero-order valence-electron chi connectivity index (χ0n) is 22.6. The normalized spacial score (nSPS) is 34.2. The lowest BCUT2D eigenvalue weighted by Crippen LogP contribution is -2.53. The van der Waals surface area contributed by atoms with Gasteiger partial charge in [-0.05, 0) is 87.0 Å². The molecule has 196 valence electrons. The summed E-state index contributed by atoms with van der Waals surface area (Å²) in [5.41, 5.74) is 0.407. The second-order valence-corrected chi connectivity index (χ2v) is 13.8. The molecule has 4 aliphatic rings. The Labute approximate surface area is 215 Å². The van der Waals surface area contributed by atoms with E-state index >= 15 is 0 Å². The van der Waals surface area contributed by atoms with Crippen LogP contribution in [0.5, 0.6) is 0 Å². The van der Waals surface area contributed by atoms with Gasteiger partial charge in [0.1, 0.15) is 0 Å². The van der Waals surface area contributed by atoms with Gasteiger partial charge in [-0.1, -0.05) is 40.5 Å². The summed E-state index contributed by atoms with van der Waals surface area (Å²) >= 11 is 6.40. The molecule has 3 fully saturated rings. The highest BCUT2D eigenvalue weighted by atomic mass is 35.5. The van der Waals surface area contributed by atoms with Gasteiger partial charge in [0.15, 0.2) is 0 Å². The van der Waals surface area contributed by atoms with E-state index in [1.54, 1.807) is 0 Å². The predicted molar refractivity (Wildman–Crippen MR) is 147 cm³/mol. The second kappa shape index (κ2) is 12.3. The summed E-state index contributed by atoms with van der Waals surface area (Å²) in [7, 11) is 0. The van der Waals surface area contributed by atoms with Crippen LogP contribution < -0.4 is 10.6 Å². The van der Waals surface area contributed by atoms with Crippen molar-refractivity contribution in [3.63, 3.8) is 0 Å². The van der Waals surface area contributed by atoms with Gasteiger partial charge in [-0.2, -0.15) is 0 Å². The Morgan fingerprint density at radius 3 is 2.38 bits per heavy atom. The third-order valence-electron chi connectivity index (χ3n) is 9.65. The van der Waals surface area contributed by atoms with Gasteiger partial charge in [0.25, 0.3) is 0 Å². The lowest BCUT2D eigenvalue weighted by atomic mass is 9.64. The Kier molecular flexibility index (Phi) is 9.66. The van der Waals surface area contributed by atoms with Crippen molar-refractivity contribution in [1.82, 2.24) is 15.5 Å². The zero-order valence-corrected chi connectivity index (χ0v) is 23.4. The van der Waals surface area contributed by atoms with E-state index in [2.05, 4.69) is 43.2 Å². The number of hydrogen-bond donors (Lipinski definition) is 2. The quantitative estimate of drug-likeness (QED) is 0.403. The number of aliphatic imine (C=N–C) groups is 1. The molecule has 3 atom stereocenters. The van der Waals surface area contributed by atoms with E-state index in [4.69, 9.17) is 16.6 Å². The smallest absolute Gasteiger partial charge is 0.0965 e. The van der Waals surface area contributed by atoms with E-state index in [0.29, 0.717) is 34.7 Å². The maximum Gasteiger partial charge on any atom is 0.0965 e. The molecule has 2 saturated carbocycles. The summed E-state index contributed by atoms with van der Waals surface area (Å²) < 4.78 is 0. The van der Waals surface area contributed by atoms with Gasteiger partial charge in [-0.25, -0.2) is 0 Å². The fraction of sp³-hybridized carbons (Fsp3) is 0.966. The summed E-state index contributed by atoms with van der Waals surface area (Å²) in [6, 6.07) is 1.27. The van der Waals surface area contributed by atoms with Crippen LogP contribution in [-0.4, -0.2) is 60.9 Å². The fourth-order valence-corrected chi connectivity index (χ4v) is 7.70. The first-order valence-electron chi connectivity index (χ1n) is 14.7. The van der Waals surface area contributed by atoms with Gasteiger partial charge in [0.2, 0.25) is 0 Å². The Bertz CT molecular complexity index is 649. The molecule has 1 saturated heterocycles. The predicted octanol–water partition coefficient (Wildman–Crippen LogP) is 6.09. The summed E-state index contributed by atoms with van der Waals surface area (Å²) in [4.78, 5) is 7.70. The molecule has 0 aromatic rings. The summed E-state index contributed by atoms with van der Waals surface area (Å²) in [5.74, 6) is 4.39. The van der Waals surface area contributed by atoms with E-state index in [1.165, 1.54) is 89.7 Å². The van der Waals surface area contributed by atoms with Crippen LogP contribution in [0.2, 0.25) is 0 Å². The van der Waals surface area contributed by atoms with Crippen LogP contribution in [0.3, 0.4) is 0 Å². The number of hydrogen-bond acceptors (Lipinski definition) is 4. The van der Waals surface area contributed by atoms with Crippen molar-refractivity contribution in [3.05, 3.63) is 0 Å². The molecule has 0 aromatic carbocycles. The Balaban J connectivity index is 1.22. The number of alkyl halides is 1. The Morgan fingerprint density at radius 1 is 1.03 bits per heavy atom. The molecule has 2 N–H and O–H groups in total. The topological polar surface area (TPSA) is 39.7 Å². The maximum absolute atomic E-state index is 6.40. The molecule has 0 bridgehead atoms. The van der Waals surface area contributed by atoms with Crippen molar-refractivity contribution < 1.29 is 0 Å². The number of nitrogens with zero attached hydrogens (tertiary/aromatic N) is 2. The average molecular weight is 493 g/mol. The molecule has 2 aliphatic heterocycles. The molecular formula is C29H53ClN4. The zero-order chi connectivity index (χ0) is 24.1. The van der Waals surface area contributed by atoms with Gasteiger partial charge < -0.3 is 15.5 Å². The minimum absolute atomic E-state index is 0.407. The van der Waals surface area contributed by atoms with Gasteiger partial charge >= 0.3 is 0 Å². The molecule has 0 amide bonds. The number of amidine groups is 1. The first-order valence-corrected chi connectivity index (χ1v) is 15.1. The van der Waals surface area contributed by atoms with Crippen molar-refractivity contribution in [3.8, 4) is 0 Å². The first kappa shape index (κ1) is 26.7. The number of nitrogens with one attached hydrogen (secondary N) is 2. The maximum atomic E-state index is 6.40. The lowest BCUT2D eigenvalue weighted by molar-refractivity contribution is 0.00466. The lowest BCUT2D eigenvalue weighted by Gasteiger charge is -2.49. The SMILES string of the molecule is CC(C)[C@H](CN1CCC(C2CCC(Cl)CC2)C(C)(C)C1)NCC1CCC(NC2CCCC2)=NC1. The monoisotopic (exact) mass is 492 g/mol. The number of likely N-dealkylation sites (tertiary alicyclic amines) is 1. The van der Waals surface area contributed by atoms with Crippen LogP contribution in [0, 0.1) is 29.1 Å². The summed E-state index contributed by atoms with van der Waals surface area (Å²) in [6.07, 6.45) is 14.4. The van der Waals surface area contributed by atoms with Crippen molar-refractivity contribution in [2.45, 2.75) is 116 Å². The van der Waals surface area contributed by atoms with Gasteiger partial charge in [-0.15, -0.1) is 11.6 Å². The van der Waals surface area contributed by atoms with Crippen LogP contribution in [0.25, 0.3) is 0 Å². The van der Waals surface area contributed by atoms with Gasteiger partial charge in [-0.3, -0.25) is 4.99 Å². The van der Waals surface area contributed by atoms with Gasteiger partial charge in [0, 0.05) is 50.1 Å². The molecule has 2 heterocycles. The Hall–Kier alpha value is -0.320. The van der Waals surface area contributed by atoms with Crippen LogP contribution in [0.1, 0.15) is 98.3 Å². The van der Waals surface area contributed by atoms with Crippen molar-refractivity contribution in [2.24, 2.45) is 34.1 Å². The minimum atomic E-state index is 0.407. The molecule has 4 rings (SSSR count). The Morgan fingerprint density at radius 2 is 1.76 bits per heavy atom. The standard InChI is InChI=1S/C29H53ClN4/c1-21(2)27(31-17-22-9-14-28(32-18-22)33-25-7-5-6-8-25)19-34-16-15-26(29(3,4)20-34)23-10-12-24(30)13-11-23/h21-27,31H,5-20H2,1-4H3,(H,32,33)/t22?,23?,24?,26?,27-/m0/s1.